The number of benzene rings is 2. The molecule has 0 aliphatic heterocycles. The zero-order chi connectivity index (χ0) is 20.1. The van der Waals surface area contributed by atoms with Crippen LogP contribution in [0.5, 0.6) is 0 Å². The zero-order valence-corrected chi connectivity index (χ0v) is 17.3. The number of hydrogen-bond acceptors (Lipinski definition) is 3. The smallest absolute Gasteiger partial charge is 0.146 e. The summed E-state index contributed by atoms with van der Waals surface area (Å²) >= 11 is 6.02. The summed E-state index contributed by atoms with van der Waals surface area (Å²) in [7, 11) is 0. The summed E-state index contributed by atoms with van der Waals surface area (Å²) in [6.07, 6.45) is 5.19. The molecule has 0 heterocycles. The van der Waals surface area contributed by atoms with Crippen molar-refractivity contribution in [3.8, 4) is 0 Å². The molecule has 150 valence electrons. The molecule has 0 spiro atoms. The van der Waals surface area contributed by atoms with Crippen molar-refractivity contribution in [3.63, 3.8) is 0 Å². The molecule has 4 nitrogen and oxygen atoms in total. The molecule has 5 heteroatoms. The highest BCUT2D eigenvalue weighted by molar-refractivity contribution is 6.30. The lowest BCUT2D eigenvalue weighted by Crippen LogP contribution is -2.21. The van der Waals surface area contributed by atoms with Crippen LogP contribution in [0.15, 0.2) is 53.7 Å². The first-order valence-corrected chi connectivity index (χ1v) is 10.3. The van der Waals surface area contributed by atoms with Gasteiger partial charge in [0, 0.05) is 17.1 Å². The van der Waals surface area contributed by atoms with Crippen LogP contribution in [0.25, 0.3) is 0 Å². The molecule has 0 radical (unpaired) electrons. The Bertz CT molecular complexity index is 804. The van der Waals surface area contributed by atoms with Crippen LogP contribution in [0.2, 0.25) is 5.02 Å². The molecule has 1 aliphatic carbocycles. The second-order valence-corrected chi connectivity index (χ2v) is 8.72. The van der Waals surface area contributed by atoms with Gasteiger partial charge in [-0.25, -0.2) is 0 Å². The summed E-state index contributed by atoms with van der Waals surface area (Å²) in [5, 5.41) is 26.8. The van der Waals surface area contributed by atoms with Gasteiger partial charge >= 0.3 is 0 Å². The topological polar surface area (TPSA) is 64.9 Å². The standard InChI is InChI=1S/C23H29ClN2O2/c1-23(2,27)19-12-10-18(11-13-19)17-8-6-16(7-9-17)14-22(26-28)25-21-5-3-4-20(24)15-21/h3-5,10-13,15-17,27-28H,6-9,14H2,1-2H3,(H,25,26)/t16-,17+. The fourth-order valence-corrected chi connectivity index (χ4v) is 4.18. The fraction of sp³-hybridized carbons (Fsp3) is 0.435. The predicted molar refractivity (Wildman–Crippen MR) is 115 cm³/mol. The van der Waals surface area contributed by atoms with E-state index in [2.05, 4.69) is 22.6 Å². The molecular weight excluding hydrogens is 372 g/mol. The van der Waals surface area contributed by atoms with E-state index in [9.17, 15) is 10.3 Å². The minimum Gasteiger partial charge on any atom is -0.409 e. The molecule has 2 aromatic carbocycles. The number of oxime groups is 1. The van der Waals surface area contributed by atoms with Crippen LogP contribution < -0.4 is 5.32 Å². The average molecular weight is 401 g/mol. The zero-order valence-electron chi connectivity index (χ0n) is 16.5. The van der Waals surface area contributed by atoms with Gasteiger partial charge in [0.1, 0.15) is 5.84 Å². The number of hydrogen-bond donors (Lipinski definition) is 3. The van der Waals surface area contributed by atoms with Crippen LogP contribution in [-0.4, -0.2) is 16.1 Å². The number of nitrogens with one attached hydrogen (secondary N) is 1. The minimum atomic E-state index is -0.799. The highest BCUT2D eigenvalue weighted by Gasteiger charge is 2.24. The predicted octanol–water partition coefficient (Wildman–Crippen LogP) is 6.13. The monoisotopic (exact) mass is 400 g/mol. The van der Waals surface area contributed by atoms with Gasteiger partial charge in [-0.15, -0.1) is 0 Å². The number of rotatable bonds is 5. The van der Waals surface area contributed by atoms with E-state index < -0.39 is 5.60 Å². The molecule has 28 heavy (non-hydrogen) atoms. The third-order valence-corrected chi connectivity index (χ3v) is 5.89. The lowest BCUT2D eigenvalue weighted by atomic mass is 9.77. The highest BCUT2D eigenvalue weighted by atomic mass is 35.5. The van der Waals surface area contributed by atoms with E-state index in [1.54, 1.807) is 0 Å². The van der Waals surface area contributed by atoms with Crippen molar-refractivity contribution in [2.45, 2.75) is 57.5 Å². The number of aliphatic hydroxyl groups is 1. The van der Waals surface area contributed by atoms with E-state index >= 15 is 0 Å². The van der Waals surface area contributed by atoms with Gasteiger partial charge in [0.25, 0.3) is 0 Å². The van der Waals surface area contributed by atoms with Crippen LogP contribution in [0, 0.1) is 5.92 Å². The summed E-state index contributed by atoms with van der Waals surface area (Å²) in [5.41, 5.74) is 2.33. The van der Waals surface area contributed by atoms with Crippen LogP contribution in [0.4, 0.5) is 5.69 Å². The maximum atomic E-state index is 10.1. The molecule has 1 saturated carbocycles. The summed E-state index contributed by atoms with van der Waals surface area (Å²) in [4.78, 5) is 0. The fourth-order valence-electron chi connectivity index (χ4n) is 3.99. The molecule has 0 aromatic heterocycles. The second kappa shape index (κ2) is 8.97. The Morgan fingerprint density at radius 1 is 1.11 bits per heavy atom. The summed E-state index contributed by atoms with van der Waals surface area (Å²) in [5.74, 6) is 1.65. The van der Waals surface area contributed by atoms with Crippen molar-refractivity contribution in [2.75, 3.05) is 5.32 Å². The van der Waals surface area contributed by atoms with Gasteiger partial charge in [0.2, 0.25) is 0 Å². The summed E-state index contributed by atoms with van der Waals surface area (Å²) in [6, 6.07) is 15.8. The molecular formula is C23H29ClN2O2. The van der Waals surface area contributed by atoms with Crippen molar-refractivity contribution in [1.82, 2.24) is 0 Å². The largest absolute Gasteiger partial charge is 0.409 e. The van der Waals surface area contributed by atoms with E-state index in [4.69, 9.17) is 11.6 Å². The third-order valence-electron chi connectivity index (χ3n) is 5.65. The van der Waals surface area contributed by atoms with E-state index in [1.807, 2.05) is 50.2 Å². The van der Waals surface area contributed by atoms with Gasteiger partial charge < -0.3 is 15.6 Å². The van der Waals surface area contributed by atoms with E-state index in [0.717, 1.165) is 43.4 Å². The molecule has 1 aliphatic rings. The quantitative estimate of drug-likeness (QED) is 0.245. The van der Waals surface area contributed by atoms with Gasteiger partial charge in [-0.05, 0) is 80.7 Å². The van der Waals surface area contributed by atoms with Crippen molar-refractivity contribution in [3.05, 3.63) is 64.7 Å². The lowest BCUT2D eigenvalue weighted by Gasteiger charge is -2.29. The number of nitrogens with zero attached hydrogens (tertiary/aromatic N) is 1. The molecule has 0 atom stereocenters. The summed E-state index contributed by atoms with van der Waals surface area (Å²) < 4.78 is 0. The first kappa shape index (κ1) is 20.7. The SMILES string of the molecule is CC(C)(O)c1ccc([C@H]2CC[C@@H](C/C(=N/O)Nc3cccc(Cl)c3)CC2)cc1. The van der Waals surface area contributed by atoms with Crippen molar-refractivity contribution in [2.24, 2.45) is 11.1 Å². The molecule has 2 aromatic rings. The Hall–Kier alpha value is -2.04. The summed E-state index contributed by atoms with van der Waals surface area (Å²) in [6.45, 7) is 3.62. The molecule has 1 fully saturated rings. The number of halogens is 1. The highest BCUT2D eigenvalue weighted by Crippen LogP contribution is 2.37. The minimum absolute atomic E-state index is 0.504. The van der Waals surface area contributed by atoms with Gasteiger partial charge in [-0.3, -0.25) is 0 Å². The van der Waals surface area contributed by atoms with Gasteiger partial charge in [-0.1, -0.05) is 47.1 Å². The van der Waals surface area contributed by atoms with Crippen molar-refractivity contribution >= 4 is 23.1 Å². The Labute approximate surface area is 172 Å². The normalized spacial score (nSPS) is 20.8. The third kappa shape index (κ3) is 5.49. The van der Waals surface area contributed by atoms with Crippen molar-refractivity contribution < 1.29 is 10.3 Å². The van der Waals surface area contributed by atoms with Gasteiger partial charge in [0.15, 0.2) is 0 Å². The Kier molecular flexibility index (Phi) is 6.63. The average Bonchev–Trinajstić information content (AvgIpc) is 2.67. The molecule has 0 unspecified atom stereocenters. The Morgan fingerprint density at radius 2 is 1.79 bits per heavy atom. The van der Waals surface area contributed by atoms with Crippen LogP contribution in [0.3, 0.4) is 0 Å². The molecule has 3 N–H and O–H groups in total. The maximum Gasteiger partial charge on any atom is 0.146 e. The number of amidine groups is 1. The first-order chi connectivity index (χ1) is 13.3. The van der Waals surface area contributed by atoms with Gasteiger partial charge in [-0.2, -0.15) is 0 Å². The Balaban J connectivity index is 1.53. The molecule has 0 bridgehead atoms. The van der Waals surface area contributed by atoms with Crippen LogP contribution in [0.1, 0.15) is 63.0 Å². The number of anilines is 1. The second-order valence-electron chi connectivity index (χ2n) is 8.28. The van der Waals surface area contributed by atoms with Crippen LogP contribution in [-0.2, 0) is 5.60 Å². The molecule has 3 rings (SSSR count). The lowest BCUT2D eigenvalue weighted by molar-refractivity contribution is 0.0786. The maximum absolute atomic E-state index is 10.1. The molecule has 0 saturated heterocycles. The van der Waals surface area contributed by atoms with Gasteiger partial charge in [0.05, 0.1) is 5.60 Å². The first-order valence-electron chi connectivity index (χ1n) is 9.91. The van der Waals surface area contributed by atoms with E-state index in [1.165, 1.54) is 5.56 Å². The van der Waals surface area contributed by atoms with E-state index in [-0.39, 0.29) is 0 Å². The Morgan fingerprint density at radius 3 is 2.36 bits per heavy atom. The van der Waals surface area contributed by atoms with E-state index in [0.29, 0.717) is 22.7 Å². The molecule has 0 amide bonds. The van der Waals surface area contributed by atoms with Crippen molar-refractivity contribution in [1.29, 1.82) is 0 Å². The van der Waals surface area contributed by atoms with Crippen LogP contribution >= 0.6 is 11.6 Å².